The van der Waals surface area contributed by atoms with Crippen LogP contribution in [0.15, 0.2) is 0 Å². The highest BCUT2D eigenvalue weighted by Crippen LogP contribution is 2.06. The number of carbonyl (C=O) groups is 2. The van der Waals surface area contributed by atoms with E-state index in [-0.39, 0.29) is 11.6 Å². The lowest BCUT2D eigenvalue weighted by atomic mass is 10.3. The Morgan fingerprint density at radius 2 is 1.82 bits per heavy atom. The van der Waals surface area contributed by atoms with E-state index in [1.807, 2.05) is 4.90 Å². The van der Waals surface area contributed by atoms with Crippen LogP contribution in [0.25, 0.3) is 0 Å². The van der Waals surface area contributed by atoms with Crippen LogP contribution in [0.1, 0.15) is 19.8 Å². The molecular weight excluding hydrogens is 142 g/mol. The maximum absolute atomic E-state index is 10.9. The topological polar surface area (TPSA) is 37.4 Å². The number of ketones is 2. The molecule has 1 fully saturated rings. The number of hydrogen-bond acceptors (Lipinski definition) is 3. The summed E-state index contributed by atoms with van der Waals surface area (Å²) in [5.41, 5.74) is 0. The molecule has 0 aromatic heterocycles. The van der Waals surface area contributed by atoms with Gasteiger partial charge in [-0.25, -0.2) is 0 Å². The predicted octanol–water partition coefficient (Wildman–Crippen LogP) is 0.240. The van der Waals surface area contributed by atoms with Gasteiger partial charge in [-0.05, 0) is 25.9 Å². The van der Waals surface area contributed by atoms with E-state index in [1.54, 1.807) is 0 Å². The summed E-state index contributed by atoms with van der Waals surface area (Å²) in [5.74, 6) is -0.580. The molecule has 0 N–H and O–H groups in total. The van der Waals surface area contributed by atoms with Gasteiger partial charge in [-0.2, -0.15) is 0 Å². The Morgan fingerprint density at radius 1 is 1.27 bits per heavy atom. The third-order valence-electron chi connectivity index (χ3n) is 1.96. The van der Waals surface area contributed by atoms with Gasteiger partial charge in [0.25, 0.3) is 0 Å². The molecule has 0 spiro atoms. The summed E-state index contributed by atoms with van der Waals surface area (Å²) in [7, 11) is 0. The van der Waals surface area contributed by atoms with Crippen molar-refractivity contribution in [3.8, 4) is 0 Å². The van der Waals surface area contributed by atoms with Crippen molar-refractivity contribution in [2.75, 3.05) is 19.6 Å². The van der Waals surface area contributed by atoms with Crippen LogP contribution < -0.4 is 0 Å². The number of carbonyl (C=O) groups excluding carboxylic acids is 2. The van der Waals surface area contributed by atoms with Crippen LogP contribution in [-0.4, -0.2) is 36.1 Å². The zero-order valence-corrected chi connectivity index (χ0v) is 6.80. The van der Waals surface area contributed by atoms with Gasteiger partial charge in [0.1, 0.15) is 0 Å². The summed E-state index contributed by atoms with van der Waals surface area (Å²) < 4.78 is 0. The van der Waals surface area contributed by atoms with E-state index in [0.717, 1.165) is 25.9 Å². The smallest absolute Gasteiger partial charge is 0.211 e. The molecule has 0 saturated carbocycles. The summed E-state index contributed by atoms with van der Waals surface area (Å²) in [4.78, 5) is 23.5. The maximum atomic E-state index is 10.9. The van der Waals surface area contributed by atoms with Crippen molar-refractivity contribution in [3.63, 3.8) is 0 Å². The second-order valence-corrected chi connectivity index (χ2v) is 2.96. The number of nitrogens with zero attached hydrogens (tertiary/aromatic N) is 1. The fourth-order valence-corrected chi connectivity index (χ4v) is 1.26. The first-order valence-corrected chi connectivity index (χ1v) is 3.96. The van der Waals surface area contributed by atoms with Crippen molar-refractivity contribution in [2.24, 2.45) is 0 Å². The molecule has 1 aliphatic heterocycles. The van der Waals surface area contributed by atoms with Crippen LogP contribution in [0.2, 0.25) is 0 Å². The largest absolute Gasteiger partial charge is 0.296 e. The van der Waals surface area contributed by atoms with Crippen LogP contribution in [0, 0.1) is 0 Å². The highest BCUT2D eigenvalue weighted by atomic mass is 16.2. The molecule has 11 heavy (non-hydrogen) atoms. The van der Waals surface area contributed by atoms with Gasteiger partial charge in [0, 0.05) is 6.92 Å². The lowest BCUT2D eigenvalue weighted by Gasteiger charge is -2.11. The van der Waals surface area contributed by atoms with Crippen LogP contribution >= 0.6 is 0 Å². The van der Waals surface area contributed by atoms with Gasteiger partial charge in [-0.15, -0.1) is 0 Å². The minimum absolute atomic E-state index is 0.257. The first-order chi connectivity index (χ1) is 5.20. The third kappa shape index (κ3) is 2.42. The zero-order chi connectivity index (χ0) is 8.27. The van der Waals surface area contributed by atoms with Crippen LogP contribution in [-0.2, 0) is 9.59 Å². The number of likely N-dealkylation sites (tertiary alicyclic amines) is 1. The van der Waals surface area contributed by atoms with E-state index in [1.165, 1.54) is 6.92 Å². The lowest BCUT2D eigenvalue weighted by Crippen LogP contribution is -2.30. The van der Waals surface area contributed by atoms with Gasteiger partial charge in [0.2, 0.25) is 5.78 Å². The van der Waals surface area contributed by atoms with E-state index in [9.17, 15) is 9.59 Å². The number of Topliss-reactive ketones (excluding diaryl/α,β-unsaturated/α-hetero) is 2. The third-order valence-corrected chi connectivity index (χ3v) is 1.96. The van der Waals surface area contributed by atoms with Crippen LogP contribution in [0.5, 0.6) is 0 Å². The van der Waals surface area contributed by atoms with E-state index in [2.05, 4.69) is 0 Å². The van der Waals surface area contributed by atoms with Gasteiger partial charge in [0.15, 0.2) is 5.78 Å². The molecule has 0 aromatic carbocycles. The van der Waals surface area contributed by atoms with Crippen molar-refractivity contribution in [1.82, 2.24) is 4.90 Å². The molecule has 0 bridgehead atoms. The molecule has 1 rings (SSSR count). The Bertz CT molecular complexity index is 171. The van der Waals surface area contributed by atoms with E-state index in [4.69, 9.17) is 0 Å². The monoisotopic (exact) mass is 155 g/mol. The molecule has 0 atom stereocenters. The Hall–Kier alpha value is -0.700. The van der Waals surface area contributed by atoms with Crippen molar-refractivity contribution < 1.29 is 9.59 Å². The minimum atomic E-state index is -0.322. The molecule has 0 aliphatic carbocycles. The summed E-state index contributed by atoms with van der Waals surface area (Å²) in [5, 5.41) is 0. The minimum Gasteiger partial charge on any atom is -0.296 e. The van der Waals surface area contributed by atoms with Gasteiger partial charge in [0.05, 0.1) is 6.54 Å². The summed E-state index contributed by atoms with van der Waals surface area (Å²) in [6.45, 7) is 3.60. The molecule has 0 radical (unpaired) electrons. The average Bonchev–Trinajstić information content (AvgIpc) is 2.39. The number of rotatable bonds is 3. The Morgan fingerprint density at radius 3 is 2.27 bits per heavy atom. The van der Waals surface area contributed by atoms with E-state index in [0.29, 0.717) is 6.54 Å². The summed E-state index contributed by atoms with van der Waals surface area (Å²) in [6.07, 6.45) is 2.32. The quantitative estimate of drug-likeness (QED) is 0.548. The second-order valence-electron chi connectivity index (χ2n) is 2.96. The highest BCUT2D eigenvalue weighted by Gasteiger charge is 2.16. The molecule has 3 nitrogen and oxygen atoms in total. The molecule has 1 aliphatic rings. The first-order valence-electron chi connectivity index (χ1n) is 3.96. The molecule has 3 heteroatoms. The lowest BCUT2D eigenvalue weighted by molar-refractivity contribution is -0.135. The second kappa shape index (κ2) is 3.62. The zero-order valence-electron chi connectivity index (χ0n) is 6.80. The summed E-state index contributed by atoms with van der Waals surface area (Å²) >= 11 is 0. The molecule has 0 amide bonds. The Labute approximate surface area is 66.4 Å². The Balaban J connectivity index is 2.29. The molecule has 62 valence electrons. The average molecular weight is 155 g/mol. The molecule has 0 aromatic rings. The van der Waals surface area contributed by atoms with Gasteiger partial charge in [-0.3, -0.25) is 14.5 Å². The van der Waals surface area contributed by atoms with E-state index < -0.39 is 0 Å². The van der Waals surface area contributed by atoms with Crippen molar-refractivity contribution in [3.05, 3.63) is 0 Å². The molecule has 1 heterocycles. The van der Waals surface area contributed by atoms with Gasteiger partial charge < -0.3 is 0 Å². The molecule has 1 saturated heterocycles. The van der Waals surface area contributed by atoms with Crippen LogP contribution in [0.3, 0.4) is 0 Å². The predicted molar refractivity (Wildman–Crippen MR) is 41.4 cm³/mol. The SMILES string of the molecule is CC(=O)C(=O)CN1CCCC1. The normalized spacial score (nSPS) is 18.6. The van der Waals surface area contributed by atoms with E-state index >= 15 is 0 Å². The maximum Gasteiger partial charge on any atom is 0.211 e. The van der Waals surface area contributed by atoms with Crippen molar-refractivity contribution in [2.45, 2.75) is 19.8 Å². The van der Waals surface area contributed by atoms with Gasteiger partial charge in [-0.1, -0.05) is 0 Å². The number of hydrogen-bond donors (Lipinski definition) is 0. The standard InChI is InChI=1S/C8H13NO2/c1-7(10)8(11)6-9-4-2-3-5-9/h2-6H2,1H3. The fourth-order valence-electron chi connectivity index (χ4n) is 1.26. The van der Waals surface area contributed by atoms with Crippen LogP contribution in [0.4, 0.5) is 0 Å². The molecule has 0 unspecified atom stereocenters. The Kier molecular flexibility index (Phi) is 2.76. The summed E-state index contributed by atoms with van der Waals surface area (Å²) in [6, 6.07) is 0. The highest BCUT2D eigenvalue weighted by molar-refractivity contribution is 6.37. The fraction of sp³-hybridized carbons (Fsp3) is 0.750. The molecular formula is C8H13NO2. The van der Waals surface area contributed by atoms with Crippen molar-refractivity contribution >= 4 is 11.6 Å². The van der Waals surface area contributed by atoms with Crippen molar-refractivity contribution in [1.29, 1.82) is 0 Å². The van der Waals surface area contributed by atoms with Gasteiger partial charge >= 0.3 is 0 Å². The first kappa shape index (κ1) is 8.40.